The maximum atomic E-state index is 12.3. The van der Waals surface area contributed by atoms with Gasteiger partial charge in [-0.1, -0.05) is 23.8 Å². The Morgan fingerprint density at radius 2 is 1.83 bits per heavy atom. The molecular weight excluding hydrogens is 374 g/mol. The number of carbonyl (C=O) groups excluding carboxylic acids is 2. The Kier molecular flexibility index (Phi) is 8.03. The third-order valence-corrected chi connectivity index (χ3v) is 4.41. The number of nitrogens with zero attached hydrogens (tertiary/aromatic N) is 1. The summed E-state index contributed by atoms with van der Waals surface area (Å²) in [6, 6.07) is 10.6. The third-order valence-electron chi connectivity index (χ3n) is 4.41. The summed E-state index contributed by atoms with van der Waals surface area (Å²) in [4.78, 5) is 26.2. The molecule has 0 aliphatic heterocycles. The molecule has 156 valence electrons. The highest BCUT2D eigenvalue weighted by molar-refractivity contribution is 5.92. The molecule has 0 unspecified atom stereocenters. The van der Waals surface area contributed by atoms with Crippen LogP contribution in [0.4, 0.5) is 0 Å². The molecule has 0 fully saturated rings. The molecule has 0 aliphatic rings. The Morgan fingerprint density at radius 3 is 2.48 bits per heavy atom. The van der Waals surface area contributed by atoms with E-state index in [-0.39, 0.29) is 31.3 Å². The zero-order chi connectivity index (χ0) is 21.4. The smallest absolute Gasteiger partial charge is 0.338 e. The van der Waals surface area contributed by atoms with Gasteiger partial charge in [0.1, 0.15) is 6.61 Å². The summed E-state index contributed by atoms with van der Waals surface area (Å²) in [7, 11) is 3.15. The van der Waals surface area contributed by atoms with Crippen LogP contribution in [-0.2, 0) is 16.1 Å². The van der Waals surface area contributed by atoms with Gasteiger partial charge in [0.25, 0.3) is 5.91 Å². The van der Waals surface area contributed by atoms with Crippen molar-refractivity contribution in [2.75, 3.05) is 34.0 Å². The van der Waals surface area contributed by atoms with Crippen molar-refractivity contribution in [2.24, 2.45) is 0 Å². The van der Waals surface area contributed by atoms with E-state index in [2.05, 4.69) is 6.07 Å². The second-order valence-electron chi connectivity index (χ2n) is 6.69. The van der Waals surface area contributed by atoms with Crippen LogP contribution in [0.25, 0.3) is 0 Å². The fraction of sp³-hybridized carbons (Fsp3) is 0.364. The molecule has 7 heteroatoms. The molecule has 0 radical (unpaired) electrons. The summed E-state index contributed by atoms with van der Waals surface area (Å²) in [6.45, 7) is 3.99. The lowest BCUT2D eigenvalue weighted by atomic mass is 10.1. The number of rotatable bonds is 9. The van der Waals surface area contributed by atoms with Crippen LogP contribution in [-0.4, -0.2) is 55.9 Å². The van der Waals surface area contributed by atoms with Crippen LogP contribution in [0, 0.1) is 13.8 Å². The first kappa shape index (κ1) is 22.2. The lowest BCUT2D eigenvalue weighted by Crippen LogP contribution is -2.31. The van der Waals surface area contributed by atoms with E-state index in [1.807, 2.05) is 26.0 Å². The Labute approximate surface area is 170 Å². The summed E-state index contributed by atoms with van der Waals surface area (Å²) in [5, 5.41) is 8.90. The lowest BCUT2D eigenvalue weighted by molar-refractivity contribution is -0.133. The largest absolute Gasteiger partial charge is 0.493 e. The van der Waals surface area contributed by atoms with Gasteiger partial charge >= 0.3 is 5.97 Å². The topological polar surface area (TPSA) is 85.3 Å². The molecule has 0 aliphatic carbocycles. The number of hydrogen-bond acceptors (Lipinski definition) is 6. The molecule has 1 N–H and O–H groups in total. The summed E-state index contributed by atoms with van der Waals surface area (Å²) in [5.74, 6) is -0.202. The molecule has 0 aromatic heterocycles. The molecule has 1 amide bonds. The Bertz CT molecular complexity index is 864. The van der Waals surface area contributed by atoms with E-state index in [1.54, 1.807) is 13.1 Å². The second kappa shape index (κ2) is 10.5. The van der Waals surface area contributed by atoms with Gasteiger partial charge in [0.05, 0.1) is 19.3 Å². The van der Waals surface area contributed by atoms with Gasteiger partial charge in [-0.3, -0.25) is 4.79 Å². The molecule has 2 aromatic carbocycles. The number of benzene rings is 2. The SMILES string of the molecule is COc1ccc(C(=O)OCC(=O)N(C)Cc2ccc(C)cc2C)cc1OCCO. The van der Waals surface area contributed by atoms with Crippen LogP contribution in [0.5, 0.6) is 11.5 Å². The fourth-order valence-corrected chi connectivity index (χ4v) is 2.76. The molecular formula is C22H27NO6. The summed E-state index contributed by atoms with van der Waals surface area (Å²) in [6.07, 6.45) is 0. The third kappa shape index (κ3) is 6.22. The zero-order valence-electron chi connectivity index (χ0n) is 17.2. The van der Waals surface area contributed by atoms with Gasteiger partial charge in [-0.2, -0.15) is 0 Å². The molecule has 0 saturated heterocycles. The molecule has 0 atom stereocenters. The van der Waals surface area contributed by atoms with E-state index in [4.69, 9.17) is 19.3 Å². The minimum Gasteiger partial charge on any atom is -0.493 e. The van der Waals surface area contributed by atoms with Gasteiger partial charge in [-0.25, -0.2) is 4.79 Å². The second-order valence-corrected chi connectivity index (χ2v) is 6.69. The molecule has 29 heavy (non-hydrogen) atoms. The van der Waals surface area contributed by atoms with Crippen molar-refractivity contribution in [1.29, 1.82) is 0 Å². The molecule has 0 bridgehead atoms. The Hall–Kier alpha value is -3.06. The van der Waals surface area contributed by atoms with Crippen molar-refractivity contribution in [3.63, 3.8) is 0 Å². The van der Waals surface area contributed by atoms with Crippen LogP contribution in [0.2, 0.25) is 0 Å². The van der Waals surface area contributed by atoms with Crippen molar-refractivity contribution < 1.29 is 28.9 Å². The van der Waals surface area contributed by atoms with Gasteiger partial charge in [-0.05, 0) is 43.2 Å². The highest BCUT2D eigenvalue weighted by Crippen LogP contribution is 2.28. The average molecular weight is 401 g/mol. The standard InChI is InChI=1S/C22H27NO6/c1-15-5-6-18(16(2)11-15)13-23(3)21(25)14-29-22(26)17-7-8-19(27-4)20(12-17)28-10-9-24/h5-8,11-12,24H,9-10,13-14H2,1-4H3. The van der Waals surface area contributed by atoms with Gasteiger partial charge in [0.2, 0.25) is 0 Å². The summed E-state index contributed by atoms with van der Waals surface area (Å²) >= 11 is 0. The average Bonchev–Trinajstić information content (AvgIpc) is 2.71. The number of aryl methyl sites for hydroxylation is 2. The van der Waals surface area contributed by atoms with Crippen molar-refractivity contribution in [3.05, 3.63) is 58.7 Å². The van der Waals surface area contributed by atoms with E-state index >= 15 is 0 Å². The number of methoxy groups -OCH3 is 1. The minimum atomic E-state index is -0.644. The van der Waals surface area contributed by atoms with Crippen LogP contribution in [0.3, 0.4) is 0 Å². The normalized spacial score (nSPS) is 10.4. The van der Waals surface area contributed by atoms with Crippen LogP contribution < -0.4 is 9.47 Å². The van der Waals surface area contributed by atoms with Crippen molar-refractivity contribution in [1.82, 2.24) is 4.90 Å². The number of carbonyl (C=O) groups is 2. The van der Waals surface area contributed by atoms with Gasteiger partial charge in [0.15, 0.2) is 18.1 Å². The molecule has 0 saturated carbocycles. The number of likely N-dealkylation sites (N-methyl/N-ethyl adjacent to an activating group) is 1. The number of esters is 1. The van der Waals surface area contributed by atoms with E-state index in [0.29, 0.717) is 18.0 Å². The van der Waals surface area contributed by atoms with Crippen molar-refractivity contribution in [2.45, 2.75) is 20.4 Å². The predicted octanol–water partition coefficient (Wildman–Crippen LogP) is 2.50. The maximum Gasteiger partial charge on any atom is 0.338 e. The van der Waals surface area contributed by atoms with E-state index < -0.39 is 5.97 Å². The maximum absolute atomic E-state index is 12.3. The van der Waals surface area contributed by atoms with Crippen molar-refractivity contribution in [3.8, 4) is 11.5 Å². The first-order valence-electron chi connectivity index (χ1n) is 9.24. The molecule has 2 rings (SSSR count). The first-order chi connectivity index (χ1) is 13.8. The first-order valence-corrected chi connectivity index (χ1v) is 9.24. The number of ether oxygens (including phenoxy) is 3. The van der Waals surface area contributed by atoms with Gasteiger partial charge in [-0.15, -0.1) is 0 Å². The van der Waals surface area contributed by atoms with E-state index in [9.17, 15) is 9.59 Å². The molecule has 7 nitrogen and oxygen atoms in total. The number of aliphatic hydroxyl groups is 1. The Morgan fingerprint density at radius 1 is 1.07 bits per heavy atom. The summed E-state index contributed by atoms with van der Waals surface area (Å²) in [5.41, 5.74) is 3.54. The van der Waals surface area contributed by atoms with Crippen molar-refractivity contribution >= 4 is 11.9 Å². The number of amides is 1. The van der Waals surface area contributed by atoms with E-state index in [1.165, 1.54) is 24.1 Å². The lowest BCUT2D eigenvalue weighted by Gasteiger charge is -2.19. The molecule has 2 aromatic rings. The highest BCUT2D eigenvalue weighted by atomic mass is 16.5. The Balaban J connectivity index is 1.96. The quantitative estimate of drug-likeness (QED) is 0.650. The van der Waals surface area contributed by atoms with Gasteiger partial charge in [0, 0.05) is 13.6 Å². The predicted molar refractivity (Wildman–Crippen MR) is 108 cm³/mol. The molecule has 0 heterocycles. The van der Waals surface area contributed by atoms with E-state index in [0.717, 1.165) is 16.7 Å². The summed E-state index contributed by atoms with van der Waals surface area (Å²) < 4.78 is 15.7. The highest BCUT2D eigenvalue weighted by Gasteiger charge is 2.16. The van der Waals surface area contributed by atoms with Crippen LogP contribution in [0.15, 0.2) is 36.4 Å². The minimum absolute atomic E-state index is 0.0660. The monoisotopic (exact) mass is 401 g/mol. The van der Waals surface area contributed by atoms with Crippen LogP contribution >= 0.6 is 0 Å². The fourth-order valence-electron chi connectivity index (χ4n) is 2.76. The van der Waals surface area contributed by atoms with Crippen LogP contribution in [0.1, 0.15) is 27.0 Å². The molecule has 0 spiro atoms. The zero-order valence-corrected chi connectivity index (χ0v) is 17.2. The number of hydrogen-bond donors (Lipinski definition) is 1. The number of aliphatic hydroxyl groups excluding tert-OH is 1. The van der Waals surface area contributed by atoms with Gasteiger partial charge < -0.3 is 24.2 Å².